The molecule has 0 saturated heterocycles. The van der Waals surface area contributed by atoms with Crippen LogP contribution in [0.5, 0.6) is 0 Å². The van der Waals surface area contributed by atoms with Gasteiger partial charge in [-0.05, 0) is 40.8 Å². The van der Waals surface area contributed by atoms with Crippen molar-refractivity contribution in [2.45, 2.75) is 175 Å². The fourth-order valence-corrected chi connectivity index (χ4v) is 5.01. The molecule has 0 bridgehead atoms. The number of carbonyl (C=O) groups is 1. The summed E-state index contributed by atoms with van der Waals surface area (Å²) >= 11 is 0. The van der Waals surface area contributed by atoms with E-state index in [0.717, 1.165) is 12.8 Å². The van der Waals surface area contributed by atoms with Crippen molar-refractivity contribution in [3.8, 4) is 0 Å². The number of likely N-dealkylation sites (N-methyl/N-ethyl adjacent to an activating group) is 1. The molecule has 0 spiro atoms. The van der Waals surface area contributed by atoms with Gasteiger partial charge in [-0.25, -0.2) is 4.18 Å². The van der Waals surface area contributed by atoms with Gasteiger partial charge in [-0.1, -0.05) is 129 Å². The second-order valence-corrected chi connectivity index (χ2v) is 12.3. The fraction of sp³-hybridized carbons (Fsp3) is 0.968. The van der Waals surface area contributed by atoms with Gasteiger partial charge in [0.25, 0.3) is 0 Å². The first-order chi connectivity index (χ1) is 18.6. The van der Waals surface area contributed by atoms with E-state index in [-0.39, 0.29) is 18.6 Å². The zero-order chi connectivity index (χ0) is 29.8. The maximum atomic E-state index is 12.2. The van der Waals surface area contributed by atoms with Crippen molar-refractivity contribution in [3.05, 3.63) is 0 Å². The lowest BCUT2D eigenvalue weighted by molar-refractivity contribution is -0.122. The minimum absolute atomic E-state index is 0.0289. The van der Waals surface area contributed by atoms with Crippen LogP contribution in [0.4, 0.5) is 0 Å². The maximum Gasteiger partial charge on any atom is 0.397 e. The summed E-state index contributed by atoms with van der Waals surface area (Å²) in [5, 5.41) is 3.23. The first-order valence-corrected chi connectivity index (χ1v) is 17.5. The van der Waals surface area contributed by atoms with E-state index in [2.05, 4.69) is 49.3 Å². The normalized spacial score (nSPS) is 13.1. The molecule has 39 heavy (non-hydrogen) atoms. The third kappa shape index (κ3) is 31.7. The van der Waals surface area contributed by atoms with E-state index >= 15 is 0 Å². The Morgan fingerprint density at radius 2 is 1.08 bits per heavy atom. The summed E-state index contributed by atoms with van der Waals surface area (Å²) in [5.74, 6) is 0.234. The zero-order valence-corrected chi connectivity index (χ0v) is 27.5. The first kappa shape index (κ1) is 40.4. The van der Waals surface area contributed by atoms with Gasteiger partial charge in [0.15, 0.2) is 0 Å². The monoisotopic (exact) mass is 578 g/mol. The number of unbranched alkanes of at least 4 members (excludes halogenated alkanes) is 18. The molecule has 8 heteroatoms. The molecule has 0 heterocycles. The van der Waals surface area contributed by atoms with E-state index in [9.17, 15) is 13.2 Å². The van der Waals surface area contributed by atoms with E-state index in [1.54, 1.807) is 0 Å². The van der Waals surface area contributed by atoms with Crippen LogP contribution in [0.3, 0.4) is 0 Å². The zero-order valence-electron chi connectivity index (χ0n) is 26.6. The summed E-state index contributed by atoms with van der Waals surface area (Å²) in [4.78, 5) is 14.4. The van der Waals surface area contributed by atoms with Crippen LogP contribution in [-0.2, 0) is 19.4 Å². The van der Waals surface area contributed by atoms with E-state index in [4.69, 9.17) is 4.55 Å². The third-order valence-electron chi connectivity index (χ3n) is 7.46. The first-order valence-electron chi connectivity index (χ1n) is 16.2. The molecule has 0 aromatic carbocycles. The van der Waals surface area contributed by atoms with Crippen LogP contribution >= 0.6 is 0 Å². The van der Waals surface area contributed by atoms with Gasteiger partial charge in [0.2, 0.25) is 5.91 Å². The molecule has 0 aromatic rings. The molecule has 0 rings (SSSR count). The summed E-state index contributed by atoms with van der Waals surface area (Å²) in [6.07, 6.45) is 28.1. The summed E-state index contributed by atoms with van der Waals surface area (Å²) in [6.45, 7) is 8.07. The van der Waals surface area contributed by atoms with Crippen LogP contribution in [0.25, 0.3) is 0 Å². The van der Waals surface area contributed by atoms with Crippen molar-refractivity contribution in [1.29, 1.82) is 0 Å². The van der Waals surface area contributed by atoms with Crippen molar-refractivity contribution in [1.82, 2.24) is 10.2 Å². The number of carbonyl (C=O) groups excluding carboxylic acids is 1. The van der Waals surface area contributed by atoms with Crippen molar-refractivity contribution < 1.29 is 21.9 Å². The summed E-state index contributed by atoms with van der Waals surface area (Å²) < 4.78 is 30.7. The number of rotatable bonds is 26. The average molecular weight is 579 g/mol. The molecule has 2 unspecified atom stereocenters. The number of amides is 1. The minimum Gasteiger partial charge on any atom is -0.352 e. The Labute approximate surface area is 243 Å². The van der Waals surface area contributed by atoms with E-state index < -0.39 is 10.4 Å². The van der Waals surface area contributed by atoms with Crippen LogP contribution in [0.15, 0.2) is 0 Å². The molecular weight excluding hydrogens is 512 g/mol. The topological polar surface area (TPSA) is 95.9 Å². The highest BCUT2D eigenvalue weighted by Gasteiger charge is 2.18. The molecule has 0 radical (unpaired) electrons. The van der Waals surface area contributed by atoms with Crippen LogP contribution < -0.4 is 5.32 Å². The third-order valence-corrected chi connectivity index (χ3v) is 7.99. The Balaban J connectivity index is 0. The van der Waals surface area contributed by atoms with Crippen molar-refractivity contribution in [2.75, 3.05) is 20.7 Å². The molecule has 0 aliphatic carbocycles. The molecule has 7 nitrogen and oxygen atoms in total. The van der Waals surface area contributed by atoms with Gasteiger partial charge in [0.1, 0.15) is 0 Å². The largest absolute Gasteiger partial charge is 0.397 e. The SMILES string of the molecule is CCCCCCCCCCCCCCCCCCCCCC(=O)NC(CC)C(C)N(C)C.CCOS(=O)(=O)O. The Kier molecular flexibility index (Phi) is 29.9. The average Bonchev–Trinajstić information content (AvgIpc) is 2.87. The van der Waals surface area contributed by atoms with Gasteiger partial charge in [-0.3, -0.25) is 9.35 Å². The summed E-state index contributed by atoms with van der Waals surface area (Å²) in [5.41, 5.74) is 0. The molecule has 0 saturated carbocycles. The van der Waals surface area contributed by atoms with Gasteiger partial charge >= 0.3 is 10.4 Å². The second-order valence-electron chi connectivity index (χ2n) is 11.2. The second kappa shape index (κ2) is 28.8. The highest BCUT2D eigenvalue weighted by atomic mass is 32.3. The highest BCUT2D eigenvalue weighted by molar-refractivity contribution is 7.80. The summed E-state index contributed by atoms with van der Waals surface area (Å²) in [6, 6.07) is 0.645. The molecule has 0 fully saturated rings. The number of hydrogen-bond donors (Lipinski definition) is 2. The lowest BCUT2D eigenvalue weighted by Crippen LogP contribution is -2.47. The van der Waals surface area contributed by atoms with Crippen LogP contribution in [0, 0.1) is 0 Å². The molecule has 2 N–H and O–H groups in total. The smallest absolute Gasteiger partial charge is 0.352 e. The minimum atomic E-state index is -4.17. The number of nitrogens with one attached hydrogen (secondary N) is 1. The Hall–Kier alpha value is -0.700. The molecule has 236 valence electrons. The van der Waals surface area contributed by atoms with Crippen LogP contribution in [-0.4, -0.2) is 56.6 Å². The lowest BCUT2D eigenvalue weighted by Gasteiger charge is -2.29. The molecule has 1 amide bonds. The molecular formula is C31H66N2O5S. The van der Waals surface area contributed by atoms with Gasteiger partial charge < -0.3 is 10.2 Å². The van der Waals surface area contributed by atoms with Gasteiger partial charge in [0.05, 0.1) is 6.61 Å². The summed E-state index contributed by atoms with van der Waals surface area (Å²) in [7, 11) is -0.0125. The standard InChI is InChI=1S/C29H60N2O.C2H6O4S/c1-6-8-9-10-11-12-13-14-15-16-17-18-19-20-21-22-23-24-25-26-29(32)30-28(7-2)27(3)31(4)5;1-2-6-7(3,4)5/h27-28H,6-26H2,1-5H3,(H,30,32);2H2,1H3,(H,3,4,5). The Morgan fingerprint density at radius 1 is 0.718 bits per heavy atom. The van der Waals surface area contributed by atoms with Crippen LogP contribution in [0.2, 0.25) is 0 Å². The number of nitrogens with zero attached hydrogens (tertiary/aromatic N) is 1. The predicted molar refractivity (Wildman–Crippen MR) is 167 cm³/mol. The maximum absolute atomic E-state index is 12.2. The number of hydrogen-bond acceptors (Lipinski definition) is 5. The Morgan fingerprint density at radius 3 is 1.33 bits per heavy atom. The van der Waals surface area contributed by atoms with Gasteiger partial charge in [-0.2, -0.15) is 8.42 Å². The fourth-order valence-electron chi connectivity index (χ4n) is 4.72. The van der Waals surface area contributed by atoms with Crippen molar-refractivity contribution >= 4 is 16.3 Å². The van der Waals surface area contributed by atoms with Crippen molar-refractivity contribution in [2.24, 2.45) is 0 Å². The molecule has 0 aromatic heterocycles. The predicted octanol–water partition coefficient (Wildman–Crippen LogP) is 8.48. The van der Waals surface area contributed by atoms with E-state index in [1.165, 1.54) is 122 Å². The lowest BCUT2D eigenvalue weighted by atomic mass is 10.0. The molecule has 0 aliphatic heterocycles. The van der Waals surface area contributed by atoms with Crippen LogP contribution in [0.1, 0.15) is 163 Å². The van der Waals surface area contributed by atoms with E-state index in [0.29, 0.717) is 12.5 Å². The molecule has 0 aliphatic rings. The quantitative estimate of drug-likeness (QED) is 0.0789. The van der Waals surface area contributed by atoms with Gasteiger partial charge in [0, 0.05) is 18.5 Å². The molecule has 2 atom stereocenters. The van der Waals surface area contributed by atoms with Crippen molar-refractivity contribution in [3.63, 3.8) is 0 Å². The van der Waals surface area contributed by atoms with E-state index in [1.807, 2.05) is 0 Å². The van der Waals surface area contributed by atoms with Gasteiger partial charge in [-0.15, -0.1) is 0 Å². The Bertz CT molecular complexity index is 628. The highest BCUT2D eigenvalue weighted by Crippen LogP contribution is 2.15.